The smallest absolute Gasteiger partial charge is 0.189 e. The van der Waals surface area contributed by atoms with E-state index in [0.717, 1.165) is 24.2 Å². The maximum atomic E-state index is 8.97. The highest BCUT2D eigenvalue weighted by Crippen LogP contribution is 2.43. The van der Waals surface area contributed by atoms with Crippen LogP contribution in [0.1, 0.15) is 57.1 Å². The normalized spacial score (nSPS) is 17.0. The molecule has 0 saturated heterocycles. The Morgan fingerprint density at radius 3 is 2.68 bits per heavy atom. The molecule has 0 heterocycles. The summed E-state index contributed by atoms with van der Waals surface area (Å²) in [7, 11) is 0. The van der Waals surface area contributed by atoms with Gasteiger partial charge in [0.25, 0.3) is 0 Å². The highest BCUT2D eigenvalue weighted by molar-refractivity contribution is 5.95. The third-order valence-corrected chi connectivity index (χ3v) is 4.49. The summed E-state index contributed by atoms with van der Waals surface area (Å²) in [5.41, 5.74) is 3.72. The molecular formula is C17H26N2O3. The van der Waals surface area contributed by atoms with Crippen LogP contribution < -0.4 is 10.2 Å². The van der Waals surface area contributed by atoms with Crippen molar-refractivity contribution in [3.63, 3.8) is 0 Å². The van der Waals surface area contributed by atoms with E-state index in [9.17, 15) is 0 Å². The average molecular weight is 306 g/mol. The molecule has 0 amide bonds. The van der Waals surface area contributed by atoms with Gasteiger partial charge in [-0.05, 0) is 43.4 Å². The Morgan fingerprint density at radius 1 is 1.32 bits per heavy atom. The van der Waals surface area contributed by atoms with Crippen molar-refractivity contribution >= 4 is 5.84 Å². The van der Waals surface area contributed by atoms with Gasteiger partial charge in [-0.15, -0.1) is 0 Å². The van der Waals surface area contributed by atoms with Gasteiger partial charge in [0.05, 0.1) is 0 Å². The number of hydrogen-bond acceptors (Lipinski definition) is 4. The fourth-order valence-corrected chi connectivity index (χ4v) is 3.14. The minimum atomic E-state index is -0.00276. The lowest BCUT2D eigenvalue weighted by Gasteiger charge is -2.35. The van der Waals surface area contributed by atoms with Gasteiger partial charge >= 0.3 is 0 Å². The summed E-state index contributed by atoms with van der Waals surface area (Å²) in [6.07, 6.45) is 5.92. The van der Waals surface area contributed by atoms with E-state index >= 15 is 0 Å². The fraction of sp³-hybridized carbons (Fsp3) is 0.588. The number of nitrogens with one attached hydrogen (secondary N) is 2. The zero-order valence-corrected chi connectivity index (χ0v) is 13.4. The third kappa shape index (κ3) is 3.78. The van der Waals surface area contributed by atoms with Crippen LogP contribution in [0.2, 0.25) is 0 Å². The first kappa shape index (κ1) is 16.8. The van der Waals surface area contributed by atoms with Crippen LogP contribution in [0.4, 0.5) is 0 Å². The standard InChI is InChI=1S/C17H26N2O3/c1-3-21-12-22-15-8-7-13(16(18)19-20)11-14(15)17(2)9-5-4-6-10-17/h7-8,11,20H,3-6,9-10,12H2,1-2H3,(H2,18,19). The molecule has 0 radical (unpaired) electrons. The van der Waals surface area contributed by atoms with Crippen molar-refractivity contribution in [3.05, 3.63) is 29.3 Å². The summed E-state index contributed by atoms with van der Waals surface area (Å²) in [5, 5.41) is 16.7. The van der Waals surface area contributed by atoms with Crippen molar-refractivity contribution in [2.45, 2.75) is 51.4 Å². The zero-order chi connectivity index (χ0) is 16.0. The van der Waals surface area contributed by atoms with Crippen LogP contribution in [0.3, 0.4) is 0 Å². The summed E-state index contributed by atoms with van der Waals surface area (Å²) in [5.74, 6) is 0.810. The highest BCUT2D eigenvalue weighted by atomic mass is 16.7. The molecule has 2 rings (SSSR count). The van der Waals surface area contributed by atoms with Crippen LogP contribution in [0.5, 0.6) is 5.75 Å². The lowest BCUT2D eigenvalue weighted by atomic mass is 9.70. The third-order valence-electron chi connectivity index (χ3n) is 4.49. The van der Waals surface area contributed by atoms with E-state index in [-0.39, 0.29) is 18.0 Å². The van der Waals surface area contributed by atoms with Gasteiger partial charge in [-0.3, -0.25) is 16.1 Å². The molecule has 1 fully saturated rings. The van der Waals surface area contributed by atoms with Gasteiger partial charge in [-0.2, -0.15) is 0 Å². The summed E-state index contributed by atoms with van der Waals surface area (Å²) in [4.78, 5) is 0. The molecule has 0 spiro atoms. The van der Waals surface area contributed by atoms with Crippen LogP contribution in [-0.4, -0.2) is 24.4 Å². The highest BCUT2D eigenvalue weighted by Gasteiger charge is 2.32. The Labute approximate surface area is 132 Å². The molecule has 22 heavy (non-hydrogen) atoms. The number of amidine groups is 1. The zero-order valence-electron chi connectivity index (χ0n) is 13.4. The fourth-order valence-electron chi connectivity index (χ4n) is 3.14. The molecule has 1 aliphatic rings. The van der Waals surface area contributed by atoms with E-state index in [1.807, 2.05) is 24.5 Å². The average Bonchev–Trinajstić information content (AvgIpc) is 2.55. The second-order valence-corrected chi connectivity index (χ2v) is 6.07. The molecule has 1 aromatic carbocycles. The van der Waals surface area contributed by atoms with Gasteiger partial charge < -0.3 is 9.47 Å². The molecule has 3 N–H and O–H groups in total. The van der Waals surface area contributed by atoms with Gasteiger partial charge in [0, 0.05) is 17.7 Å². The van der Waals surface area contributed by atoms with Gasteiger partial charge in [-0.25, -0.2) is 0 Å². The van der Waals surface area contributed by atoms with Gasteiger partial charge in [0.1, 0.15) is 11.6 Å². The summed E-state index contributed by atoms with van der Waals surface area (Å²) in [6, 6.07) is 5.61. The number of rotatable bonds is 6. The van der Waals surface area contributed by atoms with Gasteiger partial charge in [0.15, 0.2) is 6.79 Å². The molecule has 0 unspecified atom stereocenters. The van der Waals surface area contributed by atoms with E-state index < -0.39 is 0 Å². The van der Waals surface area contributed by atoms with E-state index in [1.54, 1.807) is 6.07 Å². The van der Waals surface area contributed by atoms with Gasteiger partial charge in [-0.1, -0.05) is 26.2 Å². The number of hydrogen-bond donors (Lipinski definition) is 3. The molecule has 5 nitrogen and oxygen atoms in total. The summed E-state index contributed by atoms with van der Waals surface area (Å²) >= 11 is 0. The Morgan fingerprint density at radius 2 is 2.05 bits per heavy atom. The van der Waals surface area contributed by atoms with Crippen molar-refractivity contribution in [3.8, 4) is 5.75 Å². The maximum Gasteiger partial charge on any atom is 0.189 e. The Balaban J connectivity index is 2.33. The van der Waals surface area contributed by atoms with Crippen LogP contribution >= 0.6 is 0 Å². The van der Waals surface area contributed by atoms with Crippen molar-refractivity contribution in [1.29, 1.82) is 5.41 Å². The van der Waals surface area contributed by atoms with Crippen molar-refractivity contribution in [2.75, 3.05) is 13.4 Å². The van der Waals surface area contributed by atoms with Crippen LogP contribution in [-0.2, 0) is 10.2 Å². The molecule has 5 heteroatoms. The maximum absolute atomic E-state index is 8.97. The summed E-state index contributed by atoms with van der Waals surface area (Å²) < 4.78 is 11.1. The van der Waals surface area contributed by atoms with Crippen LogP contribution in [0.25, 0.3) is 0 Å². The SMILES string of the molecule is CCOCOc1ccc(C(=N)NO)cc1C1(C)CCCCC1. The second-order valence-electron chi connectivity index (χ2n) is 6.07. The van der Waals surface area contributed by atoms with E-state index in [1.165, 1.54) is 19.3 Å². The minimum Gasteiger partial charge on any atom is -0.467 e. The van der Waals surface area contributed by atoms with E-state index in [4.69, 9.17) is 20.1 Å². The monoisotopic (exact) mass is 306 g/mol. The van der Waals surface area contributed by atoms with Gasteiger partial charge in [0.2, 0.25) is 0 Å². The first-order valence-electron chi connectivity index (χ1n) is 7.95. The van der Waals surface area contributed by atoms with Crippen LogP contribution in [0, 0.1) is 5.41 Å². The quantitative estimate of drug-likeness (QED) is 0.247. The first-order valence-corrected chi connectivity index (χ1v) is 7.95. The van der Waals surface area contributed by atoms with Crippen LogP contribution in [0.15, 0.2) is 18.2 Å². The molecule has 0 aliphatic heterocycles. The Hall–Kier alpha value is -1.59. The molecule has 1 aromatic rings. The molecule has 0 atom stereocenters. The molecular weight excluding hydrogens is 280 g/mol. The number of benzene rings is 1. The number of hydroxylamine groups is 1. The topological polar surface area (TPSA) is 74.6 Å². The van der Waals surface area contributed by atoms with E-state index in [2.05, 4.69) is 6.92 Å². The predicted molar refractivity (Wildman–Crippen MR) is 85.8 cm³/mol. The predicted octanol–water partition coefficient (Wildman–Crippen LogP) is 3.59. The number of ether oxygens (including phenoxy) is 2. The summed E-state index contributed by atoms with van der Waals surface area (Å²) in [6.45, 7) is 5.04. The molecule has 1 aliphatic carbocycles. The second kappa shape index (κ2) is 7.61. The largest absolute Gasteiger partial charge is 0.467 e. The minimum absolute atomic E-state index is 0.00276. The molecule has 122 valence electrons. The van der Waals surface area contributed by atoms with E-state index in [0.29, 0.717) is 12.2 Å². The van der Waals surface area contributed by atoms with Crippen molar-refractivity contribution in [1.82, 2.24) is 5.48 Å². The molecule has 0 aromatic heterocycles. The lowest BCUT2D eigenvalue weighted by molar-refractivity contribution is 0.0209. The van der Waals surface area contributed by atoms with Crippen molar-refractivity contribution < 1.29 is 14.7 Å². The molecule has 1 saturated carbocycles. The van der Waals surface area contributed by atoms with Crippen molar-refractivity contribution in [2.24, 2.45) is 0 Å². The first-order chi connectivity index (χ1) is 10.6. The Bertz CT molecular complexity index is 511. The lowest BCUT2D eigenvalue weighted by Crippen LogP contribution is -2.27. The Kier molecular flexibility index (Phi) is 5.80. The molecule has 0 bridgehead atoms.